The standard InChI is InChI=1S/C12H17IO2/c1-10(13)15-11(2)14-9-8-12-6-4-3-5-7-12/h3-7,10-11H,8-9H2,1-2H3. The van der Waals surface area contributed by atoms with Crippen molar-refractivity contribution in [2.75, 3.05) is 6.61 Å². The topological polar surface area (TPSA) is 18.5 Å². The van der Waals surface area contributed by atoms with E-state index in [1.807, 2.05) is 32.0 Å². The van der Waals surface area contributed by atoms with Crippen LogP contribution in [0.15, 0.2) is 30.3 Å². The molecule has 0 N–H and O–H groups in total. The minimum absolute atomic E-state index is 0.124. The van der Waals surface area contributed by atoms with E-state index in [0.29, 0.717) is 6.61 Å². The molecule has 0 heterocycles. The van der Waals surface area contributed by atoms with Crippen molar-refractivity contribution in [1.29, 1.82) is 0 Å². The normalized spacial score (nSPS) is 14.9. The van der Waals surface area contributed by atoms with Crippen molar-refractivity contribution in [1.82, 2.24) is 0 Å². The summed E-state index contributed by atoms with van der Waals surface area (Å²) in [4.78, 5) is 0. The van der Waals surface area contributed by atoms with Gasteiger partial charge in [0.1, 0.15) is 4.11 Å². The predicted octanol–water partition coefficient (Wildman–Crippen LogP) is 3.39. The molecule has 0 amide bonds. The summed E-state index contributed by atoms with van der Waals surface area (Å²) in [5.41, 5.74) is 1.30. The van der Waals surface area contributed by atoms with Crippen LogP contribution in [0.2, 0.25) is 0 Å². The minimum Gasteiger partial charge on any atom is -0.353 e. The molecule has 0 aliphatic heterocycles. The highest BCUT2D eigenvalue weighted by atomic mass is 127. The Morgan fingerprint density at radius 2 is 1.87 bits per heavy atom. The first-order valence-corrected chi connectivity index (χ1v) is 6.38. The lowest BCUT2D eigenvalue weighted by Crippen LogP contribution is -2.17. The molecule has 0 radical (unpaired) electrons. The smallest absolute Gasteiger partial charge is 0.156 e. The van der Waals surface area contributed by atoms with Crippen molar-refractivity contribution in [3.63, 3.8) is 0 Å². The molecule has 0 saturated heterocycles. The monoisotopic (exact) mass is 320 g/mol. The lowest BCUT2D eigenvalue weighted by Gasteiger charge is -2.15. The van der Waals surface area contributed by atoms with E-state index in [1.165, 1.54) is 5.56 Å². The van der Waals surface area contributed by atoms with Gasteiger partial charge in [-0.25, -0.2) is 0 Å². The molecule has 0 spiro atoms. The first-order valence-electron chi connectivity index (χ1n) is 5.13. The Morgan fingerprint density at radius 1 is 1.20 bits per heavy atom. The first kappa shape index (κ1) is 12.9. The maximum Gasteiger partial charge on any atom is 0.156 e. The molecule has 0 aromatic heterocycles. The Bertz CT molecular complexity index is 262. The zero-order chi connectivity index (χ0) is 11.1. The van der Waals surface area contributed by atoms with Crippen molar-refractivity contribution in [3.8, 4) is 0 Å². The second-order valence-electron chi connectivity index (χ2n) is 3.35. The van der Waals surface area contributed by atoms with Gasteiger partial charge in [-0.3, -0.25) is 0 Å². The van der Waals surface area contributed by atoms with E-state index in [4.69, 9.17) is 9.47 Å². The van der Waals surface area contributed by atoms with Crippen LogP contribution in [-0.4, -0.2) is 17.0 Å². The number of hydrogen-bond acceptors (Lipinski definition) is 2. The van der Waals surface area contributed by atoms with E-state index in [1.54, 1.807) is 0 Å². The van der Waals surface area contributed by atoms with E-state index in [2.05, 4.69) is 34.7 Å². The number of ether oxygens (including phenoxy) is 2. The highest BCUT2D eigenvalue weighted by molar-refractivity contribution is 14.1. The van der Waals surface area contributed by atoms with Gasteiger partial charge in [-0.2, -0.15) is 0 Å². The molecule has 2 nitrogen and oxygen atoms in total. The molecule has 2 atom stereocenters. The van der Waals surface area contributed by atoms with Crippen LogP contribution in [0.25, 0.3) is 0 Å². The Morgan fingerprint density at radius 3 is 2.47 bits per heavy atom. The van der Waals surface area contributed by atoms with E-state index in [0.717, 1.165) is 6.42 Å². The fourth-order valence-electron chi connectivity index (χ4n) is 1.29. The number of halogens is 1. The summed E-state index contributed by atoms with van der Waals surface area (Å²) in [6, 6.07) is 10.3. The van der Waals surface area contributed by atoms with Crippen LogP contribution in [0, 0.1) is 0 Å². The van der Waals surface area contributed by atoms with E-state index < -0.39 is 0 Å². The van der Waals surface area contributed by atoms with E-state index >= 15 is 0 Å². The lowest BCUT2D eigenvalue weighted by atomic mass is 10.2. The van der Waals surface area contributed by atoms with Crippen molar-refractivity contribution in [3.05, 3.63) is 35.9 Å². The minimum atomic E-state index is -0.124. The van der Waals surface area contributed by atoms with Gasteiger partial charge in [0.15, 0.2) is 6.29 Å². The second kappa shape index (κ2) is 7.19. The van der Waals surface area contributed by atoms with Crippen molar-refractivity contribution < 1.29 is 9.47 Å². The van der Waals surface area contributed by atoms with Crippen molar-refractivity contribution in [2.24, 2.45) is 0 Å². The van der Waals surface area contributed by atoms with Gasteiger partial charge in [0.2, 0.25) is 0 Å². The largest absolute Gasteiger partial charge is 0.353 e. The van der Waals surface area contributed by atoms with Crippen LogP contribution < -0.4 is 0 Å². The number of hydrogen-bond donors (Lipinski definition) is 0. The second-order valence-corrected chi connectivity index (χ2v) is 5.11. The maximum absolute atomic E-state index is 5.53. The van der Waals surface area contributed by atoms with Crippen LogP contribution in [0.5, 0.6) is 0 Å². The van der Waals surface area contributed by atoms with Crippen LogP contribution in [0.3, 0.4) is 0 Å². The third-order valence-corrected chi connectivity index (χ3v) is 2.26. The predicted molar refractivity (Wildman–Crippen MR) is 70.1 cm³/mol. The molecule has 2 unspecified atom stereocenters. The summed E-state index contributed by atoms with van der Waals surface area (Å²) in [6.45, 7) is 4.63. The fraction of sp³-hybridized carbons (Fsp3) is 0.500. The number of benzene rings is 1. The summed E-state index contributed by atoms with van der Waals surface area (Å²) in [7, 11) is 0. The molecule has 0 fully saturated rings. The average molecular weight is 320 g/mol. The molecule has 1 aromatic carbocycles. The Labute approximate surface area is 105 Å². The summed E-state index contributed by atoms with van der Waals surface area (Å²) in [6.07, 6.45) is 0.810. The lowest BCUT2D eigenvalue weighted by molar-refractivity contribution is -0.131. The van der Waals surface area contributed by atoms with E-state index in [9.17, 15) is 0 Å². The van der Waals surface area contributed by atoms with Gasteiger partial charge in [0, 0.05) is 0 Å². The third-order valence-electron chi connectivity index (χ3n) is 1.97. The summed E-state index contributed by atoms with van der Waals surface area (Å²) < 4.78 is 11.2. The highest BCUT2D eigenvalue weighted by Crippen LogP contribution is 2.07. The van der Waals surface area contributed by atoms with Gasteiger partial charge in [-0.05, 0) is 25.8 Å². The molecule has 0 aliphatic carbocycles. The Kier molecular flexibility index (Phi) is 6.20. The van der Waals surface area contributed by atoms with Gasteiger partial charge < -0.3 is 9.47 Å². The summed E-state index contributed by atoms with van der Waals surface area (Å²) in [5, 5.41) is 0. The molecule has 0 bridgehead atoms. The molecule has 15 heavy (non-hydrogen) atoms. The highest BCUT2D eigenvalue weighted by Gasteiger charge is 2.04. The van der Waals surface area contributed by atoms with Gasteiger partial charge in [0.25, 0.3) is 0 Å². The quantitative estimate of drug-likeness (QED) is 0.454. The summed E-state index contributed by atoms with van der Waals surface area (Å²) in [5.74, 6) is 0. The molecule has 84 valence electrons. The molecular weight excluding hydrogens is 303 g/mol. The average Bonchev–Trinajstić information content (AvgIpc) is 2.18. The molecule has 0 aliphatic rings. The van der Waals surface area contributed by atoms with Gasteiger partial charge >= 0.3 is 0 Å². The molecule has 1 rings (SSSR count). The zero-order valence-electron chi connectivity index (χ0n) is 9.15. The summed E-state index contributed by atoms with van der Waals surface area (Å²) >= 11 is 2.22. The first-order chi connectivity index (χ1) is 7.18. The van der Waals surface area contributed by atoms with Crippen LogP contribution in [0.4, 0.5) is 0 Å². The van der Waals surface area contributed by atoms with Crippen molar-refractivity contribution in [2.45, 2.75) is 30.7 Å². The van der Waals surface area contributed by atoms with Crippen LogP contribution >= 0.6 is 22.6 Å². The third kappa shape index (κ3) is 6.12. The maximum atomic E-state index is 5.53. The van der Waals surface area contributed by atoms with Gasteiger partial charge in [-0.1, -0.05) is 52.9 Å². The molecule has 1 aromatic rings. The Balaban J connectivity index is 2.16. The molecule has 0 saturated carbocycles. The molecular formula is C12H17IO2. The van der Waals surface area contributed by atoms with Crippen LogP contribution in [-0.2, 0) is 15.9 Å². The number of alkyl halides is 1. The van der Waals surface area contributed by atoms with Crippen LogP contribution in [0.1, 0.15) is 19.4 Å². The van der Waals surface area contributed by atoms with Gasteiger partial charge in [-0.15, -0.1) is 0 Å². The SMILES string of the molecule is CC(I)OC(C)OCCc1ccccc1. The van der Waals surface area contributed by atoms with Gasteiger partial charge in [0.05, 0.1) is 6.61 Å². The number of rotatable bonds is 6. The fourth-order valence-corrected chi connectivity index (χ4v) is 1.70. The van der Waals surface area contributed by atoms with E-state index in [-0.39, 0.29) is 10.4 Å². The zero-order valence-corrected chi connectivity index (χ0v) is 11.3. The van der Waals surface area contributed by atoms with Crippen molar-refractivity contribution >= 4 is 22.6 Å². The molecule has 3 heteroatoms. The Hall–Kier alpha value is -0.130.